The first kappa shape index (κ1) is 13.8. The van der Waals surface area contributed by atoms with Gasteiger partial charge in [0.25, 0.3) is 0 Å². The molecule has 0 spiro atoms. The second-order valence-corrected chi connectivity index (χ2v) is 8.48. The summed E-state index contributed by atoms with van der Waals surface area (Å²) in [5.74, 6) is 3.99. The Bertz CT molecular complexity index is 453. The van der Waals surface area contributed by atoms with Crippen LogP contribution in [0.2, 0.25) is 0 Å². The Morgan fingerprint density at radius 1 is 1.37 bits per heavy atom. The average molecular weight is 299 g/mol. The Kier molecular flexibility index (Phi) is 3.84. The Morgan fingerprint density at radius 2 is 2.16 bits per heavy atom. The molecule has 1 aromatic heterocycles. The summed E-state index contributed by atoms with van der Waals surface area (Å²) in [5, 5.41) is 5.15. The molecule has 1 aliphatic carbocycles. The summed E-state index contributed by atoms with van der Waals surface area (Å²) < 4.78 is 5.56. The van der Waals surface area contributed by atoms with Crippen molar-refractivity contribution in [1.82, 2.24) is 10.1 Å². The van der Waals surface area contributed by atoms with Gasteiger partial charge in [-0.05, 0) is 19.8 Å². The molecule has 0 amide bonds. The molecule has 106 valence electrons. The van der Waals surface area contributed by atoms with Gasteiger partial charge < -0.3 is 10.3 Å². The van der Waals surface area contributed by atoms with Gasteiger partial charge in [0, 0.05) is 22.8 Å². The summed E-state index contributed by atoms with van der Waals surface area (Å²) in [6.45, 7) is 4.41. The molecule has 1 saturated heterocycles. The highest BCUT2D eigenvalue weighted by Crippen LogP contribution is 2.43. The number of aromatic nitrogens is 2. The molecule has 2 N–H and O–H groups in total. The maximum absolute atomic E-state index is 6.22. The van der Waals surface area contributed by atoms with Gasteiger partial charge in [0.05, 0.1) is 10.7 Å². The summed E-state index contributed by atoms with van der Waals surface area (Å²) in [7, 11) is 0. The molecule has 1 aliphatic heterocycles. The Labute approximate surface area is 122 Å². The molecule has 2 fully saturated rings. The molecule has 6 heteroatoms. The van der Waals surface area contributed by atoms with Gasteiger partial charge in [-0.3, -0.25) is 0 Å². The van der Waals surface area contributed by atoms with Gasteiger partial charge in [-0.25, -0.2) is 0 Å². The van der Waals surface area contributed by atoms with Crippen molar-refractivity contribution in [1.29, 1.82) is 0 Å². The van der Waals surface area contributed by atoms with Crippen LogP contribution in [0.1, 0.15) is 50.1 Å². The van der Waals surface area contributed by atoms with Gasteiger partial charge in [0.1, 0.15) is 0 Å². The van der Waals surface area contributed by atoms with Crippen molar-refractivity contribution in [3.05, 3.63) is 11.7 Å². The number of nitrogens with zero attached hydrogens (tertiary/aromatic N) is 2. The quantitative estimate of drug-likeness (QED) is 0.906. The third-order valence-electron chi connectivity index (χ3n) is 4.40. The molecule has 2 aliphatic rings. The predicted molar refractivity (Wildman–Crippen MR) is 80.6 cm³/mol. The maximum atomic E-state index is 6.22. The summed E-state index contributed by atoms with van der Waals surface area (Å²) >= 11 is 3.94. The number of hydrogen-bond donors (Lipinski definition) is 1. The highest BCUT2D eigenvalue weighted by molar-refractivity contribution is 8.06. The Morgan fingerprint density at radius 3 is 2.84 bits per heavy atom. The van der Waals surface area contributed by atoms with E-state index >= 15 is 0 Å². The minimum atomic E-state index is -0.124. The molecular formula is C13H21N3OS2. The van der Waals surface area contributed by atoms with E-state index in [1.807, 2.05) is 23.5 Å². The van der Waals surface area contributed by atoms with Gasteiger partial charge in [0.15, 0.2) is 5.82 Å². The van der Waals surface area contributed by atoms with Crippen molar-refractivity contribution in [3.63, 3.8) is 0 Å². The minimum Gasteiger partial charge on any atom is -0.339 e. The lowest BCUT2D eigenvalue weighted by Crippen LogP contribution is -2.38. The molecule has 0 aromatic carbocycles. The fourth-order valence-electron chi connectivity index (χ4n) is 2.96. The molecule has 0 radical (unpaired) electrons. The van der Waals surface area contributed by atoms with E-state index in [9.17, 15) is 0 Å². The first-order valence-corrected chi connectivity index (χ1v) is 9.04. The molecule has 4 atom stereocenters. The fraction of sp³-hybridized carbons (Fsp3) is 0.846. The highest BCUT2D eigenvalue weighted by Gasteiger charge is 2.43. The Hall–Kier alpha value is -0.200. The van der Waals surface area contributed by atoms with Crippen LogP contribution in [-0.2, 0) is 5.41 Å². The molecule has 3 rings (SSSR count). The van der Waals surface area contributed by atoms with E-state index in [4.69, 9.17) is 15.2 Å². The molecule has 4 unspecified atom stereocenters. The van der Waals surface area contributed by atoms with Crippen molar-refractivity contribution in [2.24, 2.45) is 5.73 Å². The van der Waals surface area contributed by atoms with Crippen molar-refractivity contribution in [3.8, 4) is 0 Å². The minimum absolute atomic E-state index is 0.124. The van der Waals surface area contributed by atoms with Crippen LogP contribution in [0.3, 0.4) is 0 Å². The standard InChI is InChI=1S/C13H21N3OS2/c1-8-10(19-7-6-18-8)11-15-12(17-16-11)13(2)5-3-4-9(13)14/h8-10H,3-7,14H2,1-2H3. The number of nitrogens with two attached hydrogens (primary N) is 1. The first-order valence-electron chi connectivity index (χ1n) is 6.94. The topological polar surface area (TPSA) is 64.9 Å². The van der Waals surface area contributed by atoms with Crippen LogP contribution in [0.15, 0.2) is 4.52 Å². The lowest BCUT2D eigenvalue weighted by Gasteiger charge is -2.25. The Balaban J connectivity index is 1.83. The van der Waals surface area contributed by atoms with Crippen molar-refractivity contribution in [2.45, 2.75) is 55.1 Å². The monoisotopic (exact) mass is 299 g/mol. The summed E-state index contributed by atoms with van der Waals surface area (Å²) in [6.07, 6.45) is 3.26. The average Bonchev–Trinajstić information content (AvgIpc) is 2.99. The van der Waals surface area contributed by atoms with Crippen LogP contribution < -0.4 is 5.73 Å². The van der Waals surface area contributed by atoms with Crippen molar-refractivity contribution >= 4 is 23.5 Å². The van der Waals surface area contributed by atoms with E-state index in [0.29, 0.717) is 10.5 Å². The van der Waals surface area contributed by atoms with E-state index in [1.165, 1.54) is 11.5 Å². The highest BCUT2D eigenvalue weighted by atomic mass is 32.2. The van der Waals surface area contributed by atoms with Gasteiger partial charge in [-0.1, -0.05) is 18.5 Å². The van der Waals surface area contributed by atoms with E-state index in [1.54, 1.807) is 0 Å². The normalized spacial score (nSPS) is 39.6. The fourth-order valence-corrected chi connectivity index (χ4v) is 5.64. The second kappa shape index (κ2) is 5.30. The van der Waals surface area contributed by atoms with E-state index in [2.05, 4.69) is 19.0 Å². The van der Waals surface area contributed by atoms with Crippen LogP contribution in [-0.4, -0.2) is 32.9 Å². The zero-order chi connectivity index (χ0) is 13.5. The van der Waals surface area contributed by atoms with Crippen molar-refractivity contribution < 1.29 is 4.52 Å². The van der Waals surface area contributed by atoms with Crippen molar-refractivity contribution in [2.75, 3.05) is 11.5 Å². The maximum Gasteiger partial charge on any atom is 0.234 e. The summed E-state index contributed by atoms with van der Waals surface area (Å²) in [6, 6.07) is 0.145. The number of thioether (sulfide) groups is 2. The molecular weight excluding hydrogens is 278 g/mol. The second-order valence-electron chi connectivity index (χ2n) is 5.74. The lowest BCUT2D eigenvalue weighted by atomic mass is 9.85. The van der Waals surface area contributed by atoms with Gasteiger partial charge >= 0.3 is 0 Å². The predicted octanol–water partition coefficient (Wildman–Crippen LogP) is 2.75. The molecule has 1 aromatic rings. The zero-order valence-electron chi connectivity index (χ0n) is 11.5. The van der Waals surface area contributed by atoms with E-state index in [0.717, 1.165) is 31.0 Å². The van der Waals surface area contributed by atoms with Crippen LogP contribution in [0.25, 0.3) is 0 Å². The third-order valence-corrected chi connectivity index (χ3v) is 7.49. The first-order chi connectivity index (χ1) is 9.11. The smallest absolute Gasteiger partial charge is 0.234 e. The summed E-state index contributed by atoms with van der Waals surface area (Å²) in [5.41, 5.74) is 6.10. The van der Waals surface area contributed by atoms with Gasteiger partial charge in [-0.15, -0.1) is 11.8 Å². The SMILES string of the molecule is CC1SCCSC1c1noc(C2(C)CCCC2N)n1. The van der Waals surface area contributed by atoms with Crippen LogP contribution >= 0.6 is 23.5 Å². The number of hydrogen-bond acceptors (Lipinski definition) is 6. The van der Waals surface area contributed by atoms with Crippen LogP contribution in [0.4, 0.5) is 0 Å². The molecule has 2 heterocycles. The molecule has 4 nitrogen and oxygen atoms in total. The van der Waals surface area contributed by atoms with Gasteiger partial charge in [0.2, 0.25) is 5.89 Å². The van der Waals surface area contributed by atoms with E-state index in [-0.39, 0.29) is 11.5 Å². The molecule has 19 heavy (non-hydrogen) atoms. The molecule has 1 saturated carbocycles. The zero-order valence-corrected chi connectivity index (χ0v) is 13.1. The molecule has 0 bridgehead atoms. The largest absolute Gasteiger partial charge is 0.339 e. The van der Waals surface area contributed by atoms with Crippen LogP contribution in [0, 0.1) is 0 Å². The lowest BCUT2D eigenvalue weighted by molar-refractivity contribution is 0.276. The van der Waals surface area contributed by atoms with Crippen LogP contribution in [0.5, 0.6) is 0 Å². The number of rotatable bonds is 2. The third kappa shape index (κ3) is 2.43. The van der Waals surface area contributed by atoms with Gasteiger partial charge in [-0.2, -0.15) is 16.7 Å². The summed E-state index contributed by atoms with van der Waals surface area (Å²) in [4.78, 5) is 4.70. The van der Waals surface area contributed by atoms with E-state index < -0.39 is 0 Å².